The van der Waals surface area contributed by atoms with Crippen molar-refractivity contribution < 1.29 is 24.2 Å². The number of benzene rings is 3. The molecule has 35 heavy (non-hydrogen) atoms. The number of methoxy groups -OCH3 is 1. The van der Waals surface area contributed by atoms with Crippen LogP contribution in [0.4, 0.5) is 5.69 Å². The van der Waals surface area contributed by atoms with E-state index in [4.69, 9.17) is 32.7 Å². The van der Waals surface area contributed by atoms with Crippen LogP contribution >= 0.6 is 23.2 Å². The molecule has 0 aromatic heterocycles. The minimum Gasteiger partial charge on any atom is -0.507 e. The number of anilines is 1. The minimum absolute atomic E-state index is 0.0632. The van der Waals surface area contributed by atoms with Crippen LogP contribution in [0.5, 0.6) is 11.5 Å². The lowest BCUT2D eigenvalue weighted by molar-refractivity contribution is -0.132. The molecule has 180 valence electrons. The van der Waals surface area contributed by atoms with Gasteiger partial charge in [-0.1, -0.05) is 53.0 Å². The monoisotopic (exact) mass is 511 g/mol. The molecule has 1 aliphatic rings. The van der Waals surface area contributed by atoms with E-state index < -0.39 is 17.7 Å². The summed E-state index contributed by atoms with van der Waals surface area (Å²) in [6.45, 7) is 4.29. The quantitative estimate of drug-likeness (QED) is 0.237. The summed E-state index contributed by atoms with van der Waals surface area (Å²) in [6, 6.07) is 16.3. The van der Waals surface area contributed by atoms with E-state index in [0.717, 1.165) is 5.56 Å². The summed E-state index contributed by atoms with van der Waals surface area (Å²) in [5, 5.41) is 11.6. The summed E-state index contributed by atoms with van der Waals surface area (Å²) in [5.74, 6) is -1.06. The topological polar surface area (TPSA) is 76.1 Å². The van der Waals surface area contributed by atoms with Gasteiger partial charge in [-0.15, -0.1) is 0 Å². The second-order valence-electron chi connectivity index (χ2n) is 7.98. The maximum atomic E-state index is 13.3. The molecule has 6 nitrogen and oxygen atoms in total. The lowest BCUT2D eigenvalue weighted by atomic mass is 9.94. The summed E-state index contributed by atoms with van der Waals surface area (Å²) in [6.07, 6.45) is 0. The van der Waals surface area contributed by atoms with Crippen molar-refractivity contribution in [3.63, 3.8) is 0 Å². The average Bonchev–Trinajstić information content (AvgIpc) is 3.09. The Balaban J connectivity index is 1.92. The number of carbonyl (C=O) groups is 2. The fourth-order valence-electron chi connectivity index (χ4n) is 4.17. The number of carbonyl (C=O) groups excluding carboxylic acids is 2. The summed E-state index contributed by atoms with van der Waals surface area (Å²) < 4.78 is 10.7. The SMILES string of the molecule is CCOc1ccc(N2C(=O)C(=O)/C(=C(/O)c3cc(Cl)c(OC)c(Cl)c3)C2c2cccc(C)c2)cc1. The second-order valence-corrected chi connectivity index (χ2v) is 8.80. The van der Waals surface area contributed by atoms with Gasteiger partial charge in [0.1, 0.15) is 11.5 Å². The summed E-state index contributed by atoms with van der Waals surface area (Å²) in [5.41, 5.74) is 2.24. The van der Waals surface area contributed by atoms with E-state index in [0.29, 0.717) is 23.6 Å². The first-order valence-corrected chi connectivity index (χ1v) is 11.7. The van der Waals surface area contributed by atoms with Gasteiger partial charge in [0, 0.05) is 11.3 Å². The van der Waals surface area contributed by atoms with Crippen LogP contribution in [-0.4, -0.2) is 30.5 Å². The predicted molar refractivity (Wildman–Crippen MR) is 137 cm³/mol. The lowest BCUT2D eigenvalue weighted by Crippen LogP contribution is -2.29. The molecule has 1 amide bonds. The molecule has 1 atom stereocenters. The molecule has 1 aliphatic heterocycles. The van der Waals surface area contributed by atoms with Gasteiger partial charge in [0.25, 0.3) is 11.7 Å². The first-order valence-electron chi connectivity index (χ1n) is 10.9. The van der Waals surface area contributed by atoms with Gasteiger partial charge in [0.2, 0.25) is 0 Å². The number of halogens is 2. The number of Topliss-reactive ketones (excluding diaryl/α,β-unsaturated/α-hetero) is 1. The van der Waals surface area contributed by atoms with Crippen LogP contribution in [-0.2, 0) is 9.59 Å². The van der Waals surface area contributed by atoms with Crippen LogP contribution < -0.4 is 14.4 Å². The molecule has 8 heteroatoms. The Bertz CT molecular complexity index is 1310. The van der Waals surface area contributed by atoms with Crippen LogP contribution in [0.1, 0.15) is 29.7 Å². The van der Waals surface area contributed by atoms with E-state index >= 15 is 0 Å². The minimum atomic E-state index is -0.868. The molecule has 0 spiro atoms. The Morgan fingerprint density at radius 2 is 1.69 bits per heavy atom. The van der Waals surface area contributed by atoms with Gasteiger partial charge in [-0.2, -0.15) is 0 Å². The molecule has 1 unspecified atom stereocenters. The molecular formula is C27H23Cl2NO5. The highest BCUT2D eigenvalue weighted by Gasteiger charge is 2.47. The van der Waals surface area contributed by atoms with Gasteiger partial charge >= 0.3 is 0 Å². The van der Waals surface area contributed by atoms with E-state index in [2.05, 4.69) is 0 Å². The third-order valence-electron chi connectivity index (χ3n) is 5.70. The first-order chi connectivity index (χ1) is 16.8. The first kappa shape index (κ1) is 24.6. The summed E-state index contributed by atoms with van der Waals surface area (Å²) in [4.78, 5) is 28.0. The van der Waals surface area contributed by atoms with E-state index in [-0.39, 0.29) is 32.7 Å². The molecule has 0 aliphatic carbocycles. The normalized spacial score (nSPS) is 17.1. The second kappa shape index (κ2) is 10.0. The fraction of sp³-hybridized carbons (Fsp3) is 0.185. The van der Waals surface area contributed by atoms with E-state index in [1.54, 1.807) is 24.3 Å². The maximum Gasteiger partial charge on any atom is 0.300 e. The van der Waals surface area contributed by atoms with Crippen LogP contribution in [0, 0.1) is 6.92 Å². The number of nitrogens with zero attached hydrogens (tertiary/aromatic N) is 1. The number of hydrogen-bond acceptors (Lipinski definition) is 5. The number of aryl methyl sites for hydroxylation is 1. The van der Waals surface area contributed by atoms with Gasteiger partial charge in [-0.3, -0.25) is 14.5 Å². The van der Waals surface area contributed by atoms with E-state index in [1.807, 2.05) is 38.1 Å². The zero-order valence-electron chi connectivity index (χ0n) is 19.3. The van der Waals surface area contributed by atoms with Crippen molar-refractivity contribution in [1.29, 1.82) is 0 Å². The highest BCUT2D eigenvalue weighted by atomic mass is 35.5. The van der Waals surface area contributed by atoms with Crippen LogP contribution in [0.15, 0.2) is 66.2 Å². The molecule has 1 fully saturated rings. The largest absolute Gasteiger partial charge is 0.507 e. The van der Waals surface area contributed by atoms with Crippen molar-refractivity contribution >= 4 is 46.3 Å². The molecule has 4 rings (SSSR count). The highest BCUT2D eigenvalue weighted by Crippen LogP contribution is 2.44. The molecular weight excluding hydrogens is 489 g/mol. The Kier molecular flexibility index (Phi) is 7.05. The molecule has 3 aromatic rings. The number of ketones is 1. The van der Waals surface area contributed by atoms with Gasteiger partial charge in [0.15, 0.2) is 5.75 Å². The number of aliphatic hydroxyl groups excluding tert-OH is 1. The highest BCUT2D eigenvalue weighted by molar-refractivity contribution is 6.51. The van der Waals surface area contributed by atoms with Gasteiger partial charge < -0.3 is 14.6 Å². The van der Waals surface area contributed by atoms with Gasteiger partial charge in [-0.05, 0) is 55.8 Å². The lowest BCUT2D eigenvalue weighted by Gasteiger charge is -2.26. The average molecular weight is 512 g/mol. The smallest absolute Gasteiger partial charge is 0.300 e. The zero-order chi connectivity index (χ0) is 25.3. The number of ether oxygens (including phenoxy) is 2. The van der Waals surface area contributed by atoms with Crippen molar-refractivity contribution in [2.75, 3.05) is 18.6 Å². The standard InChI is InChI=1S/C27H23Cl2NO5/c1-4-35-19-10-8-18(9-11-19)30-23(16-7-5-6-15(2)12-16)22(25(32)27(30)33)24(31)17-13-20(28)26(34-3)21(29)14-17/h5-14,23,31H,4H2,1-3H3/b24-22+. The van der Waals surface area contributed by atoms with Crippen molar-refractivity contribution in [2.24, 2.45) is 0 Å². The van der Waals surface area contributed by atoms with Crippen LogP contribution in [0.3, 0.4) is 0 Å². The van der Waals surface area contributed by atoms with Crippen molar-refractivity contribution in [2.45, 2.75) is 19.9 Å². The molecule has 0 saturated carbocycles. The number of rotatable bonds is 6. The van der Waals surface area contributed by atoms with E-state index in [1.165, 1.54) is 24.1 Å². The molecule has 1 saturated heterocycles. The Morgan fingerprint density at radius 3 is 2.26 bits per heavy atom. The van der Waals surface area contributed by atoms with Crippen molar-refractivity contribution in [3.05, 3.63) is 93.0 Å². The number of aliphatic hydroxyl groups is 1. The third-order valence-corrected chi connectivity index (χ3v) is 6.27. The Labute approximate surface area is 213 Å². The van der Waals surface area contributed by atoms with Crippen molar-refractivity contribution in [3.8, 4) is 11.5 Å². The fourth-order valence-corrected chi connectivity index (χ4v) is 4.81. The van der Waals surface area contributed by atoms with Crippen LogP contribution in [0.25, 0.3) is 5.76 Å². The Hall–Kier alpha value is -3.48. The van der Waals surface area contributed by atoms with E-state index in [9.17, 15) is 14.7 Å². The molecule has 0 bridgehead atoms. The predicted octanol–water partition coefficient (Wildman–Crippen LogP) is 6.34. The third kappa shape index (κ3) is 4.59. The molecule has 0 radical (unpaired) electrons. The molecule has 3 aromatic carbocycles. The number of amides is 1. The van der Waals surface area contributed by atoms with Crippen LogP contribution in [0.2, 0.25) is 10.0 Å². The summed E-state index contributed by atoms with van der Waals surface area (Å²) in [7, 11) is 1.42. The zero-order valence-corrected chi connectivity index (χ0v) is 20.9. The van der Waals surface area contributed by atoms with Crippen molar-refractivity contribution in [1.82, 2.24) is 0 Å². The molecule has 1 N–H and O–H groups in total. The summed E-state index contributed by atoms with van der Waals surface area (Å²) >= 11 is 12.5. The molecule has 1 heterocycles. The van der Waals surface area contributed by atoms with Gasteiger partial charge in [-0.25, -0.2) is 0 Å². The van der Waals surface area contributed by atoms with Gasteiger partial charge in [0.05, 0.1) is 35.4 Å². The number of hydrogen-bond donors (Lipinski definition) is 1. The maximum absolute atomic E-state index is 13.3. The Morgan fingerprint density at radius 1 is 1.03 bits per heavy atom.